The Labute approximate surface area is 132 Å². The molecule has 0 saturated heterocycles. The van der Waals surface area contributed by atoms with Crippen LogP contribution in [0.2, 0.25) is 0 Å². The maximum atomic E-state index is 11.6. The van der Waals surface area contributed by atoms with Gasteiger partial charge in [0.2, 0.25) is 0 Å². The van der Waals surface area contributed by atoms with Crippen LogP contribution in [0.1, 0.15) is 48.9 Å². The van der Waals surface area contributed by atoms with Gasteiger partial charge in [-0.05, 0) is 30.5 Å². The summed E-state index contributed by atoms with van der Waals surface area (Å²) in [4.78, 5) is 14.1. The average Bonchev–Trinajstić information content (AvgIpc) is 2.52. The minimum absolute atomic E-state index is 0.272. The predicted molar refractivity (Wildman–Crippen MR) is 89.7 cm³/mol. The van der Waals surface area contributed by atoms with E-state index < -0.39 is 0 Å². The smallest absolute Gasteiger partial charge is 0.130 e. The Bertz CT molecular complexity index is 650. The van der Waals surface area contributed by atoms with Gasteiger partial charge in [-0.25, -0.2) is 0 Å². The molecule has 1 aliphatic rings. The third kappa shape index (κ3) is 3.12. The number of Topliss-reactive ketones (excluding diaryl/α,β-unsaturated/α-hetero) is 1. The van der Waals surface area contributed by atoms with Gasteiger partial charge in [-0.3, -0.25) is 4.90 Å². The van der Waals surface area contributed by atoms with Crippen LogP contribution in [0.3, 0.4) is 0 Å². The number of hydrogen-bond donors (Lipinski definition) is 0. The van der Waals surface area contributed by atoms with Crippen molar-refractivity contribution in [3.63, 3.8) is 0 Å². The summed E-state index contributed by atoms with van der Waals surface area (Å²) >= 11 is 0. The topological polar surface area (TPSA) is 20.3 Å². The molecule has 0 aromatic heterocycles. The molecule has 0 amide bonds. The van der Waals surface area contributed by atoms with Crippen LogP contribution in [0.15, 0.2) is 54.6 Å². The summed E-state index contributed by atoms with van der Waals surface area (Å²) in [6, 6.07) is 19.6. The Balaban J connectivity index is 1.89. The van der Waals surface area contributed by atoms with E-state index >= 15 is 0 Å². The highest BCUT2D eigenvalue weighted by molar-refractivity contribution is 5.76. The fraction of sp³-hybridized carbons (Fsp3) is 0.350. The number of rotatable bonds is 4. The molecule has 2 aromatic rings. The zero-order valence-electron chi connectivity index (χ0n) is 13.3. The number of hydrogen-bond acceptors (Lipinski definition) is 2. The summed E-state index contributed by atoms with van der Waals surface area (Å²) in [5.74, 6) is 0.586. The van der Waals surface area contributed by atoms with E-state index in [1.807, 2.05) is 0 Å². The van der Waals surface area contributed by atoms with Crippen LogP contribution in [-0.2, 0) is 11.3 Å². The quantitative estimate of drug-likeness (QED) is 0.836. The molecular weight excluding hydrogens is 270 g/mol. The van der Waals surface area contributed by atoms with Gasteiger partial charge in [-0.15, -0.1) is 0 Å². The lowest BCUT2D eigenvalue weighted by molar-refractivity contribution is -0.117. The van der Waals surface area contributed by atoms with Crippen molar-refractivity contribution in [1.29, 1.82) is 0 Å². The van der Waals surface area contributed by atoms with Crippen LogP contribution in [0.5, 0.6) is 0 Å². The summed E-state index contributed by atoms with van der Waals surface area (Å²) in [5.41, 5.74) is 4.06. The van der Waals surface area contributed by atoms with E-state index in [1.165, 1.54) is 16.7 Å². The first-order chi connectivity index (χ1) is 10.6. The lowest BCUT2D eigenvalue weighted by Crippen LogP contribution is -2.36. The van der Waals surface area contributed by atoms with Crippen molar-refractivity contribution < 1.29 is 4.79 Å². The van der Waals surface area contributed by atoms with Gasteiger partial charge >= 0.3 is 0 Å². The highest BCUT2D eigenvalue weighted by atomic mass is 16.1. The number of benzene rings is 2. The van der Waals surface area contributed by atoms with E-state index in [2.05, 4.69) is 66.4 Å². The van der Waals surface area contributed by atoms with E-state index in [4.69, 9.17) is 0 Å². The van der Waals surface area contributed by atoms with Gasteiger partial charge in [0.1, 0.15) is 5.78 Å². The number of ketones is 1. The SMILES string of the molecule is CC(=O)CC1CN(Cc2ccccc2)C(C)c2ccccc21. The minimum Gasteiger partial charge on any atom is -0.300 e. The van der Waals surface area contributed by atoms with Crippen molar-refractivity contribution in [1.82, 2.24) is 4.90 Å². The van der Waals surface area contributed by atoms with Gasteiger partial charge in [0.15, 0.2) is 0 Å². The predicted octanol–water partition coefficient (Wildman–Crippen LogP) is 4.33. The van der Waals surface area contributed by atoms with Crippen molar-refractivity contribution >= 4 is 5.78 Å². The van der Waals surface area contributed by atoms with Crippen molar-refractivity contribution in [2.75, 3.05) is 6.54 Å². The molecular formula is C20H23NO. The molecule has 0 spiro atoms. The van der Waals surface area contributed by atoms with Gasteiger partial charge in [-0.2, -0.15) is 0 Å². The van der Waals surface area contributed by atoms with E-state index in [0.717, 1.165) is 13.1 Å². The Hall–Kier alpha value is -1.93. The van der Waals surface area contributed by atoms with Gasteiger partial charge < -0.3 is 4.79 Å². The standard InChI is InChI=1S/C20H23NO/c1-15(22)12-18-14-21(13-17-8-4-3-5-9-17)16(2)19-10-6-7-11-20(18)19/h3-11,16,18H,12-14H2,1-2H3. The first-order valence-corrected chi connectivity index (χ1v) is 8.01. The molecule has 114 valence electrons. The molecule has 2 unspecified atom stereocenters. The largest absolute Gasteiger partial charge is 0.300 e. The number of fused-ring (bicyclic) bond motifs is 1. The van der Waals surface area contributed by atoms with E-state index in [9.17, 15) is 4.79 Å². The highest BCUT2D eigenvalue weighted by Gasteiger charge is 2.30. The molecule has 0 aliphatic carbocycles. The van der Waals surface area contributed by atoms with Crippen LogP contribution >= 0.6 is 0 Å². The molecule has 3 rings (SSSR count). The summed E-state index contributed by atoms with van der Waals surface area (Å²) in [5, 5.41) is 0. The zero-order valence-corrected chi connectivity index (χ0v) is 13.3. The van der Waals surface area contributed by atoms with Crippen molar-refractivity contribution in [2.45, 2.75) is 38.8 Å². The third-order valence-electron chi connectivity index (χ3n) is 4.65. The number of nitrogens with zero attached hydrogens (tertiary/aromatic N) is 1. The van der Waals surface area contributed by atoms with Gasteiger partial charge in [-0.1, -0.05) is 54.6 Å². The molecule has 2 nitrogen and oxygen atoms in total. The molecule has 0 bridgehead atoms. The molecule has 2 aromatic carbocycles. The summed E-state index contributed by atoms with van der Waals surface area (Å²) in [7, 11) is 0. The Morgan fingerprint density at radius 1 is 1.05 bits per heavy atom. The van der Waals surface area contributed by atoms with Crippen molar-refractivity contribution in [3.8, 4) is 0 Å². The molecule has 2 heteroatoms. The maximum Gasteiger partial charge on any atom is 0.130 e. The number of carbonyl (C=O) groups is 1. The van der Waals surface area contributed by atoms with Gasteiger partial charge in [0.05, 0.1) is 0 Å². The Morgan fingerprint density at radius 2 is 1.68 bits per heavy atom. The summed E-state index contributed by atoms with van der Waals surface area (Å²) in [6.45, 7) is 5.85. The minimum atomic E-state index is 0.272. The molecule has 22 heavy (non-hydrogen) atoms. The summed E-state index contributed by atoms with van der Waals surface area (Å²) in [6.07, 6.45) is 0.634. The normalized spacial score (nSPS) is 21.4. The highest BCUT2D eigenvalue weighted by Crippen LogP contribution is 2.38. The zero-order chi connectivity index (χ0) is 15.5. The molecule has 1 aliphatic heterocycles. The first kappa shape index (κ1) is 15.0. The fourth-order valence-electron chi connectivity index (χ4n) is 3.54. The third-order valence-corrected chi connectivity index (χ3v) is 4.65. The second-order valence-corrected chi connectivity index (χ2v) is 6.32. The molecule has 0 saturated carbocycles. The lowest BCUT2D eigenvalue weighted by atomic mass is 9.83. The maximum absolute atomic E-state index is 11.6. The lowest BCUT2D eigenvalue weighted by Gasteiger charge is -2.39. The van der Waals surface area contributed by atoms with Crippen LogP contribution in [0, 0.1) is 0 Å². The molecule has 1 heterocycles. The van der Waals surface area contributed by atoms with Crippen LogP contribution in [0.4, 0.5) is 0 Å². The van der Waals surface area contributed by atoms with E-state index in [-0.39, 0.29) is 5.78 Å². The molecule has 0 N–H and O–H groups in total. The first-order valence-electron chi connectivity index (χ1n) is 8.01. The molecule has 2 atom stereocenters. The van der Waals surface area contributed by atoms with Crippen LogP contribution in [-0.4, -0.2) is 17.2 Å². The summed E-state index contributed by atoms with van der Waals surface area (Å²) < 4.78 is 0. The van der Waals surface area contributed by atoms with Gasteiger partial charge in [0.25, 0.3) is 0 Å². The van der Waals surface area contributed by atoms with Crippen molar-refractivity contribution in [3.05, 3.63) is 71.3 Å². The van der Waals surface area contributed by atoms with Crippen LogP contribution < -0.4 is 0 Å². The van der Waals surface area contributed by atoms with Gasteiger partial charge in [0, 0.05) is 31.5 Å². The second kappa shape index (κ2) is 6.45. The second-order valence-electron chi connectivity index (χ2n) is 6.32. The Kier molecular flexibility index (Phi) is 4.39. The molecule has 0 fully saturated rings. The fourth-order valence-corrected chi connectivity index (χ4v) is 3.54. The monoisotopic (exact) mass is 293 g/mol. The van der Waals surface area contributed by atoms with E-state index in [0.29, 0.717) is 18.4 Å². The van der Waals surface area contributed by atoms with Crippen LogP contribution in [0.25, 0.3) is 0 Å². The number of carbonyl (C=O) groups excluding carboxylic acids is 1. The Morgan fingerprint density at radius 3 is 2.36 bits per heavy atom. The van der Waals surface area contributed by atoms with E-state index in [1.54, 1.807) is 6.92 Å². The average molecular weight is 293 g/mol. The van der Waals surface area contributed by atoms with Crippen molar-refractivity contribution in [2.24, 2.45) is 0 Å². The molecule has 0 radical (unpaired) electrons.